The predicted octanol–water partition coefficient (Wildman–Crippen LogP) is 3.51. The monoisotopic (exact) mass is 282 g/mol. The van der Waals surface area contributed by atoms with Crippen LogP contribution in [0.15, 0.2) is 11.3 Å². The molecule has 1 heterocycles. The molecule has 4 nitrogen and oxygen atoms in total. The summed E-state index contributed by atoms with van der Waals surface area (Å²) >= 11 is 0. The topological polar surface area (TPSA) is 55.8 Å². The molecular formula is C16H26O4. The number of esters is 1. The van der Waals surface area contributed by atoms with Crippen LogP contribution < -0.4 is 0 Å². The summed E-state index contributed by atoms with van der Waals surface area (Å²) in [6.07, 6.45) is 4.59. The van der Waals surface area contributed by atoms with Crippen molar-refractivity contribution in [1.82, 2.24) is 0 Å². The zero-order valence-electron chi connectivity index (χ0n) is 13.0. The average Bonchev–Trinajstić information content (AvgIpc) is 2.61. The van der Waals surface area contributed by atoms with Crippen LogP contribution in [0.3, 0.4) is 0 Å². The number of rotatable bonds is 4. The molecule has 0 bridgehead atoms. The van der Waals surface area contributed by atoms with E-state index in [0.717, 1.165) is 32.1 Å². The number of carbonyl (C=O) groups is 1. The van der Waals surface area contributed by atoms with Crippen molar-refractivity contribution in [3.8, 4) is 0 Å². The minimum atomic E-state index is -0.749. The maximum Gasteiger partial charge on any atom is 0.338 e. The highest BCUT2D eigenvalue weighted by Crippen LogP contribution is 2.46. The van der Waals surface area contributed by atoms with E-state index < -0.39 is 11.2 Å². The Labute approximate surface area is 121 Å². The first kappa shape index (κ1) is 15.4. The minimum Gasteiger partial charge on any atom is -0.507 e. The molecule has 114 valence electrons. The number of hydrogen-bond donors (Lipinski definition) is 1. The lowest BCUT2D eigenvalue weighted by Crippen LogP contribution is -2.36. The second kappa shape index (κ2) is 5.40. The Morgan fingerprint density at radius 2 is 1.95 bits per heavy atom. The minimum absolute atomic E-state index is 0.155. The summed E-state index contributed by atoms with van der Waals surface area (Å²) in [6, 6.07) is 0. The van der Waals surface area contributed by atoms with Crippen molar-refractivity contribution in [3.05, 3.63) is 11.3 Å². The van der Waals surface area contributed by atoms with Crippen LogP contribution in [0.5, 0.6) is 0 Å². The summed E-state index contributed by atoms with van der Waals surface area (Å²) in [5.41, 5.74) is -0.844. The van der Waals surface area contributed by atoms with Gasteiger partial charge in [0.1, 0.15) is 5.76 Å². The fourth-order valence-corrected chi connectivity index (χ4v) is 3.31. The third-order valence-corrected chi connectivity index (χ3v) is 4.85. The lowest BCUT2D eigenvalue weighted by Gasteiger charge is -2.32. The van der Waals surface area contributed by atoms with Crippen LogP contribution in [0.1, 0.15) is 59.8 Å². The van der Waals surface area contributed by atoms with Crippen molar-refractivity contribution in [3.63, 3.8) is 0 Å². The average molecular weight is 282 g/mol. The third kappa shape index (κ3) is 2.46. The first-order valence-electron chi connectivity index (χ1n) is 7.65. The van der Waals surface area contributed by atoms with Crippen LogP contribution in [0, 0.1) is 5.92 Å². The largest absolute Gasteiger partial charge is 0.507 e. The molecule has 2 rings (SSSR count). The van der Waals surface area contributed by atoms with E-state index in [2.05, 4.69) is 0 Å². The number of hydrogen-bond acceptors (Lipinski definition) is 4. The van der Waals surface area contributed by atoms with Crippen LogP contribution in [-0.2, 0) is 14.3 Å². The van der Waals surface area contributed by atoms with Gasteiger partial charge in [-0.3, -0.25) is 0 Å². The van der Waals surface area contributed by atoms with Gasteiger partial charge in [-0.1, -0.05) is 13.3 Å². The van der Waals surface area contributed by atoms with Gasteiger partial charge >= 0.3 is 5.97 Å². The van der Waals surface area contributed by atoms with Crippen molar-refractivity contribution in [2.75, 3.05) is 6.61 Å². The number of aliphatic hydroxyl groups is 1. The first-order chi connectivity index (χ1) is 9.34. The lowest BCUT2D eigenvalue weighted by atomic mass is 9.79. The van der Waals surface area contributed by atoms with E-state index in [4.69, 9.17) is 9.47 Å². The van der Waals surface area contributed by atoms with Gasteiger partial charge in [-0.25, -0.2) is 4.79 Å². The van der Waals surface area contributed by atoms with E-state index >= 15 is 0 Å². The van der Waals surface area contributed by atoms with Gasteiger partial charge < -0.3 is 14.6 Å². The van der Waals surface area contributed by atoms with Crippen LogP contribution in [0.25, 0.3) is 0 Å². The molecule has 0 aromatic rings. The molecule has 1 aliphatic heterocycles. The molecule has 2 aliphatic rings. The smallest absolute Gasteiger partial charge is 0.338 e. The van der Waals surface area contributed by atoms with Crippen molar-refractivity contribution in [2.24, 2.45) is 5.92 Å². The summed E-state index contributed by atoms with van der Waals surface area (Å²) in [4.78, 5) is 12.3. The Hall–Kier alpha value is -1.03. The molecule has 1 unspecified atom stereocenters. The number of aliphatic hydroxyl groups excluding tert-OH is 1. The molecule has 0 radical (unpaired) electrons. The molecule has 1 atom stereocenters. The lowest BCUT2D eigenvalue weighted by molar-refractivity contribution is -0.152. The van der Waals surface area contributed by atoms with Gasteiger partial charge in [-0.2, -0.15) is 0 Å². The van der Waals surface area contributed by atoms with Crippen LogP contribution in [0.4, 0.5) is 0 Å². The highest BCUT2D eigenvalue weighted by atomic mass is 16.6. The van der Waals surface area contributed by atoms with E-state index in [1.807, 2.05) is 27.7 Å². The molecule has 0 aromatic heterocycles. The van der Waals surface area contributed by atoms with Crippen LogP contribution >= 0.6 is 0 Å². The fraction of sp³-hybridized carbons (Fsp3) is 0.812. The summed E-state index contributed by atoms with van der Waals surface area (Å²) < 4.78 is 11.3. The molecule has 0 saturated heterocycles. The summed E-state index contributed by atoms with van der Waals surface area (Å²) in [5, 5.41) is 10.6. The molecule has 0 aromatic carbocycles. The molecular weight excluding hydrogens is 256 g/mol. The molecule has 1 aliphatic carbocycles. The second-order valence-corrected chi connectivity index (χ2v) is 6.46. The Morgan fingerprint density at radius 3 is 2.50 bits per heavy atom. The van der Waals surface area contributed by atoms with E-state index in [0.29, 0.717) is 12.2 Å². The Balaban J connectivity index is 2.31. The normalized spacial score (nSPS) is 24.1. The van der Waals surface area contributed by atoms with E-state index in [1.54, 1.807) is 0 Å². The highest BCUT2D eigenvalue weighted by Gasteiger charge is 2.51. The fourth-order valence-electron chi connectivity index (χ4n) is 3.31. The van der Waals surface area contributed by atoms with Crippen molar-refractivity contribution in [1.29, 1.82) is 0 Å². The Morgan fingerprint density at radius 1 is 1.35 bits per heavy atom. The Bertz CT molecular complexity index is 416. The summed E-state index contributed by atoms with van der Waals surface area (Å²) in [6.45, 7) is 8.31. The van der Waals surface area contributed by atoms with Gasteiger partial charge in [-0.05, 0) is 46.5 Å². The molecule has 1 spiro atoms. The van der Waals surface area contributed by atoms with Crippen LogP contribution in [-0.4, -0.2) is 28.9 Å². The predicted molar refractivity (Wildman–Crippen MR) is 76.4 cm³/mol. The van der Waals surface area contributed by atoms with Gasteiger partial charge in [-0.15, -0.1) is 0 Å². The maximum atomic E-state index is 12.3. The molecule has 1 N–H and O–H groups in total. The Kier molecular flexibility index (Phi) is 4.14. The number of ether oxygens (including phenoxy) is 2. The molecule has 20 heavy (non-hydrogen) atoms. The second-order valence-electron chi connectivity index (χ2n) is 6.46. The van der Waals surface area contributed by atoms with E-state index in [9.17, 15) is 9.90 Å². The molecule has 4 heteroatoms. The van der Waals surface area contributed by atoms with Crippen molar-refractivity contribution in [2.45, 2.75) is 71.0 Å². The van der Waals surface area contributed by atoms with Gasteiger partial charge in [0, 0.05) is 12.5 Å². The van der Waals surface area contributed by atoms with Gasteiger partial charge in [0.15, 0.2) is 5.60 Å². The van der Waals surface area contributed by atoms with Crippen LogP contribution in [0.2, 0.25) is 0 Å². The van der Waals surface area contributed by atoms with Gasteiger partial charge in [0.25, 0.3) is 0 Å². The molecule has 0 amide bonds. The molecule has 1 fully saturated rings. The van der Waals surface area contributed by atoms with E-state index in [-0.39, 0.29) is 17.6 Å². The zero-order chi connectivity index (χ0) is 15.0. The molecule has 1 saturated carbocycles. The first-order valence-corrected chi connectivity index (χ1v) is 7.65. The van der Waals surface area contributed by atoms with E-state index in [1.165, 1.54) is 0 Å². The van der Waals surface area contributed by atoms with Gasteiger partial charge in [0.2, 0.25) is 0 Å². The van der Waals surface area contributed by atoms with Crippen molar-refractivity contribution >= 4 is 5.97 Å². The summed E-state index contributed by atoms with van der Waals surface area (Å²) in [7, 11) is 0. The summed E-state index contributed by atoms with van der Waals surface area (Å²) in [5.74, 6) is -0.414. The third-order valence-electron chi connectivity index (χ3n) is 4.85. The van der Waals surface area contributed by atoms with Gasteiger partial charge in [0.05, 0.1) is 11.2 Å². The van der Waals surface area contributed by atoms with Crippen molar-refractivity contribution < 1.29 is 19.4 Å². The zero-order valence-corrected chi connectivity index (χ0v) is 13.0. The maximum absolute atomic E-state index is 12.3. The highest BCUT2D eigenvalue weighted by molar-refractivity contribution is 5.93. The number of carbonyl (C=O) groups excluding carboxylic acids is 1. The standard InChI is InChI=1S/C16H26O4/c1-5-19-15(3,4)11(2)12-13(17)16(20-14(12)18)9-7-6-8-10-16/h11,17H,5-10H2,1-4H3. The quantitative estimate of drug-likeness (QED) is 0.802. The SMILES string of the molecule is CCOC(C)(C)C(C)C1=C(O)C2(CCCCC2)OC1=O.